The molecular weight excluding hydrogens is 294 g/mol. The van der Waals surface area contributed by atoms with Crippen LogP contribution >= 0.6 is 0 Å². The van der Waals surface area contributed by atoms with Crippen LogP contribution < -0.4 is 10.6 Å². The van der Waals surface area contributed by atoms with Crippen LogP contribution in [-0.4, -0.2) is 45.9 Å². The van der Waals surface area contributed by atoms with Crippen LogP contribution in [0, 0.1) is 0 Å². The van der Waals surface area contributed by atoms with Crippen LogP contribution in [0.4, 0.5) is 0 Å². The highest BCUT2D eigenvalue weighted by Crippen LogP contribution is 2.10. The van der Waals surface area contributed by atoms with Crippen molar-refractivity contribution >= 4 is 5.96 Å². The number of guanidine groups is 1. The Morgan fingerprint density at radius 2 is 2.26 bits per heavy atom. The molecule has 1 aromatic heterocycles. The Bertz CT molecular complexity index is 483. The number of furan rings is 1. The molecule has 0 spiro atoms. The molecule has 6 heteroatoms. The van der Waals surface area contributed by atoms with Gasteiger partial charge in [0.15, 0.2) is 5.96 Å². The molecule has 2 heterocycles. The first kappa shape index (κ1) is 17.6. The molecule has 0 radical (unpaired) electrons. The van der Waals surface area contributed by atoms with Crippen molar-refractivity contribution < 1.29 is 13.9 Å². The normalized spacial score (nSPS) is 15.3. The van der Waals surface area contributed by atoms with Crippen LogP contribution in [-0.2, 0) is 16.1 Å². The average Bonchev–Trinajstić information content (AvgIpc) is 3.10. The highest BCUT2D eigenvalue weighted by Gasteiger charge is 2.04. The Labute approximate surface area is 137 Å². The van der Waals surface area contributed by atoms with E-state index in [0.717, 1.165) is 57.3 Å². The fourth-order valence-electron chi connectivity index (χ4n) is 2.30. The monoisotopic (exact) mass is 321 g/mol. The number of hydrogen-bond acceptors (Lipinski definition) is 4. The van der Waals surface area contributed by atoms with Crippen LogP contribution in [0.3, 0.4) is 0 Å². The van der Waals surface area contributed by atoms with Gasteiger partial charge >= 0.3 is 0 Å². The van der Waals surface area contributed by atoms with Crippen molar-refractivity contribution in [1.82, 2.24) is 10.6 Å². The molecule has 1 aromatic rings. The number of hydrogen-bond donors (Lipinski definition) is 2. The number of rotatable bonds is 9. The van der Waals surface area contributed by atoms with Gasteiger partial charge in [0.05, 0.1) is 19.5 Å². The molecule has 128 valence electrons. The number of nitrogens with zero attached hydrogens (tertiary/aromatic N) is 1. The molecule has 0 fully saturated rings. The average molecular weight is 321 g/mol. The van der Waals surface area contributed by atoms with Crippen LogP contribution in [0.1, 0.15) is 25.0 Å². The van der Waals surface area contributed by atoms with Gasteiger partial charge in [-0.2, -0.15) is 0 Å². The SMILES string of the molecule is CN=C(NCCCOCc1ccco1)NCCC1=CCOCC1. The maximum absolute atomic E-state index is 5.54. The Kier molecular flexibility index (Phi) is 8.29. The second-order valence-corrected chi connectivity index (χ2v) is 5.35. The third-order valence-electron chi connectivity index (χ3n) is 3.60. The number of ether oxygens (including phenoxy) is 2. The van der Waals surface area contributed by atoms with Crippen molar-refractivity contribution in [3.63, 3.8) is 0 Å². The molecule has 0 aromatic carbocycles. The third kappa shape index (κ3) is 7.34. The highest BCUT2D eigenvalue weighted by atomic mass is 16.5. The van der Waals surface area contributed by atoms with E-state index in [0.29, 0.717) is 13.2 Å². The third-order valence-corrected chi connectivity index (χ3v) is 3.60. The molecule has 1 aliphatic heterocycles. The summed E-state index contributed by atoms with van der Waals surface area (Å²) in [6.45, 7) is 4.53. The van der Waals surface area contributed by atoms with Gasteiger partial charge in [-0.25, -0.2) is 0 Å². The van der Waals surface area contributed by atoms with E-state index in [1.807, 2.05) is 12.1 Å². The molecule has 0 unspecified atom stereocenters. The molecule has 2 N–H and O–H groups in total. The maximum atomic E-state index is 5.54. The van der Waals surface area contributed by atoms with Crippen LogP contribution in [0.25, 0.3) is 0 Å². The zero-order valence-electron chi connectivity index (χ0n) is 13.8. The van der Waals surface area contributed by atoms with Gasteiger partial charge in [-0.3, -0.25) is 4.99 Å². The van der Waals surface area contributed by atoms with Crippen LogP contribution in [0.2, 0.25) is 0 Å². The molecule has 1 aliphatic rings. The standard InChI is InChI=1S/C17H27N3O3/c1-18-17(20-9-5-15-6-12-21-13-7-15)19-8-3-10-22-14-16-4-2-11-23-16/h2,4,6,11H,3,5,7-10,12-14H2,1H3,(H2,18,19,20). The van der Waals surface area contributed by atoms with Gasteiger partial charge in [0.1, 0.15) is 12.4 Å². The lowest BCUT2D eigenvalue weighted by molar-refractivity contribution is 0.105. The molecule has 0 amide bonds. The number of nitrogens with one attached hydrogen (secondary N) is 2. The van der Waals surface area contributed by atoms with Crippen molar-refractivity contribution in [3.05, 3.63) is 35.8 Å². The molecule has 2 rings (SSSR count). The van der Waals surface area contributed by atoms with Gasteiger partial charge in [0.2, 0.25) is 0 Å². The lowest BCUT2D eigenvalue weighted by Crippen LogP contribution is -2.38. The Morgan fingerprint density at radius 3 is 3.00 bits per heavy atom. The summed E-state index contributed by atoms with van der Waals surface area (Å²) in [4.78, 5) is 4.22. The molecule has 23 heavy (non-hydrogen) atoms. The van der Waals surface area contributed by atoms with Gasteiger partial charge in [0, 0.05) is 26.7 Å². The van der Waals surface area contributed by atoms with Gasteiger partial charge < -0.3 is 24.5 Å². The second kappa shape index (κ2) is 10.9. The highest BCUT2D eigenvalue weighted by molar-refractivity contribution is 5.79. The summed E-state index contributed by atoms with van der Waals surface area (Å²) in [6.07, 6.45) is 6.84. The molecule has 0 saturated heterocycles. The lowest BCUT2D eigenvalue weighted by Gasteiger charge is -2.15. The zero-order valence-corrected chi connectivity index (χ0v) is 13.8. The summed E-state index contributed by atoms with van der Waals surface area (Å²) in [5.74, 6) is 1.70. The summed E-state index contributed by atoms with van der Waals surface area (Å²) in [7, 11) is 1.79. The summed E-state index contributed by atoms with van der Waals surface area (Å²) < 4.78 is 16.1. The summed E-state index contributed by atoms with van der Waals surface area (Å²) in [5, 5.41) is 6.62. The van der Waals surface area contributed by atoms with Crippen LogP contribution in [0.5, 0.6) is 0 Å². The van der Waals surface area contributed by atoms with E-state index in [1.54, 1.807) is 13.3 Å². The Balaban J connectivity index is 1.48. The first-order valence-corrected chi connectivity index (χ1v) is 8.19. The molecule has 0 bridgehead atoms. The van der Waals surface area contributed by atoms with Crippen molar-refractivity contribution in [1.29, 1.82) is 0 Å². The van der Waals surface area contributed by atoms with E-state index in [9.17, 15) is 0 Å². The van der Waals surface area contributed by atoms with E-state index in [4.69, 9.17) is 13.9 Å². The summed E-state index contributed by atoms with van der Waals surface area (Å²) >= 11 is 0. The molecule has 0 saturated carbocycles. The van der Waals surface area contributed by atoms with Gasteiger partial charge in [-0.05, 0) is 31.4 Å². The first-order valence-electron chi connectivity index (χ1n) is 8.19. The van der Waals surface area contributed by atoms with Crippen molar-refractivity contribution in [2.24, 2.45) is 4.99 Å². The van der Waals surface area contributed by atoms with Gasteiger partial charge in [-0.15, -0.1) is 0 Å². The first-order chi connectivity index (χ1) is 11.4. The van der Waals surface area contributed by atoms with E-state index < -0.39 is 0 Å². The minimum atomic E-state index is 0.527. The fourth-order valence-corrected chi connectivity index (χ4v) is 2.30. The topological polar surface area (TPSA) is 68.0 Å². The van der Waals surface area contributed by atoms with E-state index >= 15 is 0 Å². The molecule has 0 aliphatic carbocycles. The molecular formula is C17H27N3O3. The largest absolute Gasteiger partial charge is 0.467 e. The fraction of sp³-hybridized carbons (Fsp3) is 0.588. The van der Waals surface area contributed by atoms with Gasteiger partial charge in [0.25, 0.3) is 0 Å². The van der Waals surface area contributed by atoms with E-state index in [2.05, 4.69) is 21.7 Å². The maximum Gasteiger partial charge on any atom is 0.190 e. The van der Waals surface area contributed by atoms with E-state index in [1.165, 1.54) is 5.57 Å². The van der Waals surface area contributed by atoms with Crippen molar-refractivity contribution in [2.45, 2.75) is 25.9 Å². The lowest BCUT2D eigenvalue weighted by atomic mass is 10.1. The summed E-state index contributed by atoms with van der Waals surface area (Å²) in [6, 6.07) is 3.78. The van der Waals surface area contributed by atoms with Crippen molar-refractivity contribution in [2.75, 3.05) is 40.0 Å². The predicted molar refractivity (Wildman–Crippen MR) is 90.5 cm³/mol. The minimum Gasteiger partial charge on any atom is -0.467 e. The van der Waals surface area contributed by atoms with E-state index in [-0.39, 0.29) is 0 Å². The molecule has 0 atom stereocenters. The van der Waals surface area contributed by atoms with Gasteiger partial charge in [-0.1, -0.05) is 11.6 Å². The minimum absolute atomic E-state index is 0.527. The quantitative estimate of drug-likeness (QED) is 0.315. The van der Waals surface area contributed by atoms with Crippen molar-refractivity contribution in [3.8, 4) is 0 Å². The van der Waals surface area contributed by atoms with Crippen LogP contribution in [0.15, 0.2) is 39.5 Å². The number of aliphatic imine (C=N–C) groups is 1. The summed E-state index contributed by atoms with van der Waals surface area (Å²) in [5.41, 5.74) is 1.46. The Hall–Kier alpha value is -1.79. The molecule has 6 nitrogen and oxygen atoms in total. The smallest absolute Gasteiger partial charge is 0.190 e. The Morgan fingerprint density at radius 1 is 1.35 bits per heavy atom. The second-order valence-electron chi connectivity index (χ2n) is 5.35. The predicted octanol–water partition coefficient (Wildman–Crippen LogP) is 2.09. The zero-order chi connectivity index (χ0) is 16.2.